The molecule has 0 rings (SSSR count). The van der Waals surface area contributed by atoms with Gasteiger partial charge in [0.25, 0.3) is 0 Å². The summed E-state index contributed by atoms with van der Waals surface area (Å²) in [5, 5.41) is 0. The first-order valence-electron chi connectivity index (χ1n) is 8.31. The molecule has 0 aliphatic rings. The van der Waals surface area contributed by atoms with E-state index in [1.165, 1.54) is 19.3 Å². The molecule has 0 aromatic carbocycles. The third-order valence-electron chi connectivity index (χ3n) is 2.70. The molecule has 0 saturated heterocycles. The standard InChI is InChI=1S/C19H26O4.3CO.Fe/c1-3-17-23-19(21)16-14-12-10-8-6-4-5-7-9-11-13-15-18(20)22-2;3*1-2;/h3,6,8-12,14,16H,1,4-5,7,13,15,17H2,2H3;;;;/b8-6+,11-9+,12-10+,16-14-;;;;. The quantitative estimate of drug-likeness (QED) is 0.0644. The van der Waals surface area contributed by atoms with Gasteiger partial charge in [0.1, 0.15) is 6.61 Å². The van der Waals surface area contributed by atoms with E-state index in [0.29, 0.717) is 6.42 Å². The zero-order valence-electron chi connectivity index (χ0n) is 16.9. The van der Waals surface area contributed by atoms with Crippen LogP contribution in [-0.2, 0) is 50.1 Å². The molecule has 0 unspecified atom stereocenters. The Morgan fingerprint density at radius 2 is 1.40 bits per heavy atom. The summed E-state index contributed by atoms with van der Waals surface area (Å²) in [5.74, 6) is -0.551. The maximum Gasteiger partial charge on any atom is 0 e. The number of esters is 2. The molecular weight excluding hydrogens is 432 g/mol. The van der Waals surface area contributed by atoms with Crippen LogP contribution in [0.15, 0.2) is 61.3 Å². The van der Waals surface area contributed by atoms with Gasteiger partial charge >= 0.3 is 45.8 Å². The number of carbonyl (C=O) groups is 2. The van der Waals surface area contributed by atoms with Crippen molar-refractivity contribution in [3.63, 3.8) is 0 Å². The van der Waals surface area contributed by atoms with Gasteiger partial charge in [-0.1, -0.05) is 55.2 Å². The predicted octanol–water partition coefficient (Wildman–Crippen LogP) is 3.95. The smallest absolute Gasteiger partial charge is 0 e. The van der Waals surface area contributed by atoms with Gasteiger partial charge in [-0.05, 0) is 25.7 Å². The van der Waals surface area contributed by atoms with Crippen LogP contribution in [0.3, 0.4) is 0 Å². The molecule has 0 spiro atoms. The number of unbranched alkanes of at least 4 members (excludes halogenated alkanes) is 2. The molecule has 7 nitrogen and oxygen atoms in total. The van der Waals surface area contributed by atoms with E-state index >= 15 is 0 Å². The molecule has 0 N–H and O–H groups in total. The van der Waals surface area contributed by atoms with Crippen LogP contribution in [0.4, 0.5) is 0 Å². The first-order valence-corrected chi connectivity index (χ1v) is 8.31. The second kappa shape index (κ2) is 40.9. The third-order valence-corrected chi connectivity index (χ3v) is 2.70. The zero-order valence-corrected chi connectivity index (χ0v) is 18.0. The van der Waals surface area contributed by atoms with Crippen LogP contribution in [0.2, 0.25) is 0 Å². The third kappa shape index (κ3) is 40.2. The van der Waals surface area contributed by atoms with Gasteiger partial charge in [0.15, 0.2) is 0 Å². The van der Waals surface area contributed by atoms with Gasteiger partial charge in [0.05, 0.1) is 7.11 Å². The molecule has 0 amide bonds. The molecule has 0 aromatic heterocycles. The maximum absolute atomic E-state index is 11.1. The molecule has 164 valence electrons. The van der Waals surface area contributed by atoms with Crippen molar-refractivity contribution in [2.75, 3.05) is 13.7 Å². The number of rotatable bonds is 12. The van der Waals surface area contributed by atoms with Crippen molar-refractivity contribution in [1.82, 2.24) is 0 Å². The van der Waals surface area contributed by atoms with Gasteiger partial charge in [-0.25, -0.2) is 4.79 Å². The van der Waals surface area contributed by atoms with Gasteiger partial charge in [0, 0.05) is 29.6 Å². The number of ether oxygens (including phenoxy) is 2. The van der Waals surface area contributed by atoms with Crippen LogP contribution in [0, 0.1) is 20.0 Å². The molecular formula is C22H26FeO7. The largest absolute Gasteiger partial charge is 0 e. The Balaban J connectivity index is -0.000000271. The molecule has 0 atom stereocenters. The Morgan fingerprint density at radius 3 is 1.97 bits per heavy atom. The van der Waals surface area contributed by atoms with Gasteiger partial charge in [-0.3, -0.25) is 4.79 Å². The van der Waals surface area contributed by atoms with E-state index in [-0.39, 0.29) is 35.6 Å². The summed E-state index contributed by atoms with van der Waals surface area (Å²) in [7, 11) is 1.40. The van der Waals surface area contributed by atoms with Crippen LogP contribution in [0.5, 0.6) is 0 Å². The number of hydrogen-bond donors (Lipinski definition) is 0. The van der Waals surface area contributed by atoms with Crippen molar-refractivity contribution in [2.24, 2.45) is 0 Å². The maximum atomic E-state index is 11.1. The Morgan fingerprint density at radius 1 is 0.867 bits per heavy atom. The molecule has 30 heavy (non-hydrogen) atoms. The summed E-state index contributed by atoms with van der Waals surface area (Å²) in [6, 6.07) is 0. The minimum absolute atomic E-state index is 0. The first-order chi connectivity index (χ1) is 14.2. The average Bonchev–Trinajstić information content (AvgIpc) is 2.79. The first kappa shape index (κ1) is 38.0. The van der Waals surface area contributed by atoms with Crippen LogP contribution < -0.4 is 0 Å². The number of allylic oxidation sites excluding steroid dienone is 7. The van der Waals surface area contributed by atoms with E-state index in [1.807, 2.05) is 18.2 Å². The molecule has 0 saturated carbocycles. The van der Waals surface area contributed by atoms with Gasteiger partial charge in [0.2, 0.25) is 0 Å². The van der Waals surface area contributed by atoms with E-state index in [9.17, 15) is 9.59 Å². The van der Waals surface area contributed by atoms with E-state index < -0.39 is 0 Å². The number of carbonyl (C=O) groups excluding carboxylic acids is 2. The van der Waals surface area contributed by atoms with Crippen molar-refractivity contribution >= 4 is 11.9 Å². The normalized spacial score (nSPS) is 9.17. The second-order valence-electron chi connectivity index (χ2n) is 4.61. The van der Waals surface area contributed by atoms with Crippen molar-refractivity contribution < 1.29 is 50.1 Å². The Hall–Kier alpha value is -2.62. The van der Waals surface area contributed by atoms with Crippen LogP contribution in [-0.4, -0.2) is 25.7 Å². The summed E-state index contributed by atoms with van der Waals surface area (Å²) in [6.07, 6.45) is 20.5. The summed E-state index contributed by atoms with van der Waals surface area (Å²) < 4.78 is 31.8. The summed E-state index contributed by atoms with van der Waals surface area (Å²) in [6.45, 7) is 17.2. The molecule has 0 aliphatic carbocycles. The van der Waals surface area contributed by atoms with Gasteiger partial charge in [-0.15, -0.1) is 0 Å². The topological polar surface area (TPSA) is 112 Å². The second-order valence-corrected chi connectivity index (χ2v) is 4.61. The average molecular weight is 458 g/mol. The Bertz CT molecular complexity index is 568. The van der Waals surface area contributed by atoms with Crippen LogP contribution in [0.25, 0.3) is 0 Å². The molecule has 8 heteroatoms. The van der Waals surface area contributed by atoms with E-state index in [0.717, 1.165) is 25.7 Å². The molecule has 0 bridgehead atoms. The van der Waals surface area contributed by atoms with E-state index in [4.69, 9.17) is 18.7 Å². The number of hydrogen-bond acceptors (Lipinski definition) is 4. The molecule has 0 fully saturated rings. The fraction of sp³-hybridized carbons (Fsp3) is 0.318. The fourth-order valence-electron chi connectivity index (χ4n) is 1.52. The summed E-state index contributed by atoms with van der Waals surface area (Å²) in [5.41, 5.74) is 0. The fourth-order valence-corrected chi connectivity index (χ4v) is 1.52. The van der Waals surface area contributed by atoms with E-state index in [1.54, 1.807) is 12.2 Å². The molecule has 0 heterocycles. The SMILES string of the molecule is C=CCOC(=O)\C=C/C=C/C=C/CCC/C=C/CCC(=O)OC.[C-]#[O+].[C-]#[O+].[C-]#[O+].[Fe]. The molecule has 0 aromatic rings. The van der Waals surface area contributed by atoms with Crippen molar-refractivity contribution in [3.8, 4) is 0 Å². The minimum Gasteiger partial charge on any atom is 0 e. The van der Waals surface area contributed by atoms with Gasteiger partial charge < -0.3 is 9.47 Å². The van der Waals surface area contributed by atoms with Crippen LogP contribution in [0.1, 0.15) is 32.1 Å². The van der Waals surface area contributed by atoms with E-state index in [2.05, 4.69) is 43.4 Å². The predicted molar refractivity (Wildman–Crippen MR) is 105 cm³/mol. The minimum atomic E-state index is -0.377. The monoisotopic (exact) mass is 458 g/mol. The van der Waals surface area contributed by atoms with Crippen LogP contribution >= 0.6 is 0 Å². The molecule has 0 radical (unpaired) electrons. The van der Waals surface area contributed by atoms with Crippen molar-refractivity contribution in [3.05, 3.63) is 81.2 Å². The molecule has 0 aliphatic heterocycles. The van der Waals surface area contributed by atoms with Crippen molar-refractivity contribution in [2.45, 2.75) is 32.1 Å². The summed E-state index contributed by atoms with van der Waals surface area (Å²) in [4.78, 5) is 22.0. The number of methoxy groups -OCH3 is 1. The summed E-state index contributed by atoms with van der Waals surface area (Å²) >= 11 is 0. The zero-order chi connectivity index (χ0) is 23.2. The van der Waals surface area contributed by atoms with Gasteiger partial charge in [-0.2, -0.15) is 0 Å². The Labute approximate surface area is 189 Å². The van der Waals surface area contributed by atoms with Crippen molar-refractivity contribution in [1.29, 1.82) is 0 Å². The Kier molecular flexibility index (Phi) is 51.9.